The monoisotopic (exact) mass is 329 g/mol. The molecule has 1 aromatic rings. The summed E-state index contributed by atoms with van der Waals surface area (Å²) in [5, 5.41) is 2.69. The number of nitrogens with zero attached hydrogens (tertiary/aromatic N) is 2. The van der Waals surface area contributed by atoms with Crippen LogP contribution in [0.4, 0.5) is 4.79 Å². The van der Waals surface area contributed by atoms with E-state index in [0.29, 0.717) is 13.0 Å². The third-order valence-electron chi connectivity index (χ3n) is 4.81. The number of carbonyl (C=O) groups excluding carboxylic acids is 3. The lowest BCUT2D eigenvalue weighted by molar-refractivity contribution is -0.139. The minimum Gasteiger partial charge on any atom is -0.338 e. The largest absolute Gasteiger partial charge is 0.338 e. The van der Waals surface area contributed by atoms with Crippen molar-refractivity contribution in [3.8, 4) is 0 Å². The first-order chi connectivity index (χ1) is 11.6. The van der Waals surface area contributed by atoms with Gasteiger partial charge in [-0.15, -0.1) is 0 Å². The zero-order valence-corrected chi connectivity index (χ0v) is 13.9. The predicted molar refractivity (Wildman–Crippen MR) is 89.2 cm³/mol. The summed E-state index contributed by atoms with van der Waals surface area (Å²) in [7, 11) is 0. The fraction of sp³-hybridized carbons (Fsp3) is 0.500. The van der Waals surface area contributed by atoms with Crippen LogP contribution in [0.25, 0.3) is 0 Å². The average molecular weight is 329 g/mol. The molecular weight excluding hydrogens is 306 g/mol. The molecule has 2 saturated heterocycles. The smallest absolute Gasteiger partial charge is 0.325 e. The molecule has 3 rings (SSSR count). The lowest BCUT2D eigenvalue weighted by Gasteiger charge is -2.34. The van der Waals surface area contributed by atoms with Gasteiger partial charge in [-0.3, -0.25) is 14.5 Å². The normalized spacial score (nSPS) is 24.2. The van der Waals surface area contributed by atoms with Crippen molar-refractivity contribution in [2.75, 3.05) is 13.1 Å². The van der Waals surface area contributed by atoms with Gasteiger partial charge in [-0.05, 0) is 31.7 Å². The minimum absolute atomic E-state index is 0.147. The van der Waals surface area contributed by atoms with Crippen molar-refractivity contribution in [3.63, 3.8) is 0 Å². The average Bonchev–Trinajstić information content (AvgIpc) is 2.83. The lowest BCUT2D eigenvalue weighted by atomic mass is 10.0. The van der Waals surface area contributed by atoms with Gasteiger partial charge in [0.1, 0.15) is 12.6 Å². The van der Waals surface area contributed by atoms with Crippen molar-refractivity contribution in [2.24, 2.45) is 0 Å². The van der Waals surface area contributed by atoms with Gasteiger partial charge in [-0.2, -0.15) is 0 Å². The molecule has 0 radical (unpaired) electrons. The number of urea groups is 1. The summed E-state index contributed by atoms with van der Waals surface area (Å²) < 4.78 is 0. The Morgan fingerprint density at radius 2 is 1.96 bits per heavy atom. The second-order valence-electron chi connectivity index (χ2n) is 6.55. The Bertz CT molecular complexity index is 632. The highest BCUT2D eigenvalue weighted by Crippen LogP contribution is 2.18. The van der Waals surface area contributed by atoms with E-state index in [0.717, 1.165) is 29.7 Å². The van der Waals surface area contributed by atoms with Crippen molar-refractivity contribution < 1.29 is 14.4 Å². The second kappa shape index (κ2) is 7.03. The van der Waals surface area contributed by atoms with Gasteiger partial charge in [0.25, 0.3) is 5.91 Å². The number of piperidine rings is 1. The zero-order valence-electron chi connectivity index (χ0n) is 13.9. The van der Waals surface area contributed by atoms with Gasteiger partial charge in [-0.1, -0.05) is 30.3 Å². The second-order valence-corrected chi connectivity index (χ2v) is 6.55. The van der Waals surface area contributed by atoms with Crippen LogP contribution >= 0.6 is 0 Å². The van der Waals surface area contributed by atoms with E-state index in [1.807, 2.05) is 37.3 Å². The molecule has 0 aliphatic carbocycles. The number of hydrogen-bond donors (Lipinski definition) is 1. The number of nitrogens with one attached hydrogen (secondary N) is 1. The number of hydrogen-bond acceptors (Lipinski definition) is 3. The van der Waals surface area contributed by atoms with E-state index in [4.69, 9.17) is 0 Å². The molecular formula is C18H23N3O3. The molecule has 2 fully saturated rings. The van der Waals surface area contributed by atoms with Crippen LogP contribution in [0, 0.1) is 0 Å². The summed E-state index contributed by atoms with van der Waals surface area (Å²) in [6.07, 6.45) is 3.51. The summed E-state index contributed by atoms with van der Waals surface area (Å²) in [6, 6.07) is 8.65. The predicted octanol–water partition coefficient (Wildman–Crippen LogP) is 1.55. The molecule has 6 nitrogen and oxygen atoms in total. The van der Waals surface area contributed by atoms with Gasteiger partial charge in [0.2, 0.25) is 5.91 Å². The maximum absolute atomic E-state index is 12.5. The van der Waals surface area contributed by atoms with E-state index in [9.17, 15) is 14.4 Å². The number of carbonyl (C=O) groups is 3. The Morgan fingerprint density at radius 1 is 1.21 bits per heavy atom. The fourth-order valence-corrected chi connectivity index (χ4v) is 3.41. The summed E-state index contributed by atoms with van der Waals surface area (Å²) in [5.41, 5.74) is 0.981. The standard InChI is InChI=1S/C18H23N3O3/c1-13-7-5-6-10-20(13)16(22)12-21-17(23)15(19-18(21)24)11-14-8-3-2-4-9-14/h2-4,8-9,13,15H,5-7,10-12H2,1H3,(H,19,24)/t13-,15+/m0/s1. The molecule has 24 heavy (non-hydrogen) atoms. The molecule has 0 bridgehead atoms. The third-order valence-corrected chi connectivity index (χ3v) is 4.81. The molecule has 2 heterocycles. The molecule has 2 atom stereocenters. The third kappa shape index (κ3) is 3.42. The Labute approximate surface area is 141 Å². The van der Waals surface area contributed by atoms with E-state index in [1.165, 1.54) is 0 Å². The van der Waals surface area contributed by atoms with Gasteiger partial charge in [0.05, 0.1) is 0 Å². The van der Waals surface area contributed by atoms with Crippen molar-refractivity contribution in [2.45, 2.75) is 44.7 Å². The highest BCUT2D eigenvalue weighted by Gasteiger charge is 2.40. The van der Waals surface area contributed by atoms with Gasteiger partial charge in [0.15, 0.2) is 0 Å². The SMILES string of the molecule is C[C@H]1CCCCN1C(=O)CN1C(=O)N[C@H](Cc2ccccc2)C1=O. The van der Waals surface area contributed by atoms with Crippen LogP contribution < -0.4 is 5.32 Å². The maximum atomic E-state index is 12.5. The highest BCUT2D eigenvalue weighted by molar-refractivity contribution is 6.06. The fourth-order valence-electron chi connectivity index (χ4n) is 3.41. The van der Waals surface area contributed by atoms with Gasteiger partial charge >= 0.3 is 6.03 Å². The van der Waals surface area contributed by atoms with Crippen LogP contribution in [0.2, 0.25) is 0 Å². The zero-order chi connectivity index (χ0) is 17.1. The van der Waals surface area contributed by atoms with Crippen molar-refractivity contribution in [3.05, 3.63) is 35.9 Å². The van der Waals surface area contributed by atoms with E-state index in [2.05, 4.69) is 5.32 Å². The first kappa shape index (κ1) is 16.5. The van der Waals surface area contributed by atoms with E-state index >= 15 is 0 Å². The van der Waals surface area contributed by atoms with Crippen molar-refractivity contribution in [1.82, 2.24) is 15.1 Å². The molecule has 1 N–H and O–H groups in total. The maximum Gasteiger partial charge on any atom is 0.325 e. The summed E-state index contributed by atoms with van der Waals surface area (Å²) in [6.45, 7) is 2.55. The topological polar surface area (TPSA) is 69.7 Å². The molecule has 0 unspecified atom stereocenters. The Kier molecular flexibility index (Phi) is 4.83. The van der Waals surface area contributed by atoms with E-state index in [1.54, 1.807) is 4.90 Å². The van der Waals surface area contributed by atoms with E-state index < -0.39 is 12.1 Å². The van der Waals surface area contributed by atoms with Gasteiger partial charge in [0, 0.05) is 19.0 Å². The van der Waals surface area contributed by atoms with Crippen molar-refractivity contribution in [1.29, 1.82) is 0 Å². The summed E-state index contributed by atoms with van der Waals surface area (Å²) in [5.74, 6) is -0.465. The molecule has 4 amide bonds. The van der Waals surface area contributed by atoms with Crippen LogP contribution in [0.15, 0.2) is 30.3 Å². The summed E-state index contributed by atoms with van der Waals surface area (Å²) in [4.78, 5) is 39.9. The molecule has 6 heteroatoms. The number of likely N-dealkylation sites (tertiary alicyclic amines) is 1. The molecule has 2 aliphatic heterocycles. The Hall–Kier alpha value is -2.37. The van der Waals surface area contributed by atoms with Gasteiger partial charge in [-0.25, -0.2) is 4.79 Å². The number of benzene rings is 1. The molecule has 2 aliphatic rings. The minimum atomic E-state index is -0.591. The summed E-state index contributed by atoms with van der Waals surface area (Å²) >= 11 is 0. The quantitative estimate of drug-likeness (QED) is 0.852. The van der Waals surface area contributed by atoms with Gasteiger partial charge < -0.3 is 10.2 Å². The molecule has 1 aromatic carbocycles. The number of imide groups is 1. The molecule has 0 saturated carbocycles. The highest BCUT2D eigenvalue weighted by atomic mass is 16.2. The van der Waals surface area contributed by atoms with Crippen LogP contribution in [0.1, 0.15) is 31.7 Å². The number of amides is 4. The Balaban J connectivity index is 1.62. The van der Waals surface area contributed by atoms with Crippen LogP contribution in [-0.2, 0) is 16.0 Å². The van der Waals surface area contributed by atoms with E-state index in [-0.39, 0.29) is 24.4 Å². The first-order valence-corrected chi connectivity index (χ1v) is 8.51. The van der Waals surface area contributed by atoms with Crippen molar-refractivity contribution >= 4 is 17.8 Å². The molecule has 128 valence electrons. The van der Waals surface area contributed by atoms with Crippen LogP contribution in [-0.4, -0.2) is 52.8 Å². The first-order valence-electron chi connectivity index (χ1n) is 8.51. The Morgan fingerprint density at radius 3 is 2.67 bits per heavy atom. The lowest BCUT2D eigenvalue weighted by Crippen LogP contribution is -2.48. The van der Waals surface area contributed by atoms with Crippen LogP contribution in [0.3, 0.4) is 0 Å². The molecule has 0 aromatic heterocycles. The van der Waals surface area contributed by atoms with Crippen LogP contribution in [0.5, 0.6) is 0 Å². The number of rotatable bonds is 4. The molecule has 0 spiro atoms.